The van der Waals surface area contributed by atoms with Crippen LogP contribution in [0.25, 0.3) is 11.3 Å². The molecule has 5 heteroatoms. The third-order valence-electron chi connectivity index (χ3n) is 2.05. The standard InChI is InChI=1S/C11H9N3O2/c1-16-9-4-2-3-8(5-9)10-6-12-14-11(7-15)13-10/h2-7H,1H3. The van der Waals surface area contributed by atoms with Crippen LogP contribution < -0.4 is 4.74 Å². The van der Waals surface area contributed by atoms with Crippen LogP contribution in [0.3, 0.4) is 0 Å². The molecule has 0 spiro atoms. The molecule has 1 aromatic heterocycles. The van der Waals surface area contributed by atoms with Crippen LogP contribution >= 0.6 is 0 Å². The third kappa shape index (κ3) is 2.03. The summed E-state index contributed by atoms with van der Waals surface area (Å²) in [5, 5.41) is 7.27. The van der Waals surface area contributed by atoms with Crippen LogP contribution in [0, 0.1) is 0 Å². The summed E-state index contributed by atoms with van der Waals surface area (Å²) in [6.45, 7) is 0. The van der Waals surface area contributed by atoms with Crippen molar-refractivity contribution in [1.29, 1.82) is 0 Å². The molecule has 0 saturated carbocycles. The molecule has 2 rings (SSSR count). The molecule has 0 aliphatic rings. The number of rotatable bonds is 3. The fourth-order valence-electron chi connectivity index (χ4n) is 1.29. The summed E-state index contributed by atoms with van der Waals surface area (Å²) in [6, 6.07) is 7.36. The average Bonchev–Trinajstić information content (AvgIpc) is 2.39. The molecule has 0 atom stereocenters. The van der Waals surface area contributed by atoms with Gasteiger partial charge in [0, 0.05) is 5.56 Å². The van der Waals surface area contributed by atoms with Gasteiger partial charge in [0.05, 0.1) is 19.0 Å². The van der Waals surface area contributed by atoms with Gasteiger partial charge >= 0.3 is 0 Å². The molecular formula is C11H9N3O2. The summed E-state index contributed by atoms with van der Waals surface area (Å²) in [6.07, 6.45) is 2.07. The molecule has 0 amide bonds. The molecule has 5 nitrogen and oxygen atoms in total. The molecule has 0 N–H and O–H groups in total. The largest absolute Gasteiger partial charge is 0.497 e. The second-order valence-electron chi connectivity index (χ2n) is 3.05. The number of benzene rings is 1. The Hall–Kier alpha value is -2.30. The van der Waals surface area contributed by atoms with Gasteiger partial charge in [-0.2, -0.15) is 5.10 Å². The summed E-state index contributed by atoms with van der Waals surface area (Å²) in [5.74, 6) is 0.795. The fraction of sp³-hybridized carbons (Fsp3) is 0.0909. The molecule has 16 heavy (non-hydrogen) atoms. The number of ether oxygens (including phenoxy) is 1. The van der Waals surface area contributed by atoms with E-state index in [1.54, 1.807) is 7.11 Å². The number of aromatic nitrogens is 3. The maximum absolute atomic E-state index is 10.5. The second-order valence-corrected chi connectivity index (χ2v) is 3.05. The van der Waals surface area contributed by atoms with E-state index < -0.39 is 0 Å². The lowest BCUT2D eigenvalue weighted by Gasteiger charge is -2.03. The molecule has 0 radical (unpaired) electrons. The highest BCUT2D eigenvalue weighted by Crippen LogP contribution is 2.20. The van der Waals surface area contributed by atoms with E-state index in [0.717, 1.165) is 11.3 Å². The molecule has 2 aromatic rings. The number of carbonyl (C=O) groups excluding carboxylic acids is 1. The number of carbonyl (C=O) groups is 1. The van der Waals surface area contributed by atoms with Gasteiger partial charge in [0.2, 0.25) is 5.82 Å². The summed E-state index contributed by atoms with van der Waals surface area (Å²) >= 11 is 0. The van der Waals surface area contributed by atoms with Gasteiger partial charge in [-0.05, 0) is 12.1 Å². The van der Waals surface area contributed by atoms with Crippen LogP contribution in [0.4, 0.5) is 0 Å². The number of hydrogen-bond acceptors (Lipinski definition) is 5. The predicted molar refractivity (Wildman–Crippen MR) is 57.2 cm³/mol. The maximum atomic E-state index is 10.5. The molecule has 0 saturated heterocycles. The molecule has 0 bridgehead atoms. The monoisotopic (exact) mass is 215 g/mol. The molecule has 1 aromatic carbocycles. The Labute approximate surface area is 92.1 Å². The van der Waals surface area contributed by atoms with Crippen molar-refractivity contribution in [3.05, 3.63) is 36.3 Å². The first-order valence-corrected chi connectivity index (χ1v) is 4.63. The molecule has 0 aliphatic heterocycles. The van der Waals surface area contributed by atoms with Crippen LogP contribution in [0.1, 0.15) is 10.6 Å². The lowest BCUT2D eigenvalue weighted by atomic mass is 10.1. The maximum Gasteiger partial charge on any atom is 0.215 e. The van der Waals surface area contributed by atoms with E-state index in [-0.39, 0.29) is 5.82 Å². The van der Waals surface area contributed by atoms with Crippen molar-refractivity contribution in [3.8, 4) is 17.0 Å². The van der Waals surface area contributed by atoms with E-state index >= 15 is 0 Å². The van der Waals surface area contributed by atoms with Crippen LogP contribution in [-0.4, -0.2) is 28.6 Å². The predicted octanol–water partition coefficient (Wildman–Crippen LogP) is 1.36. The molecule has 80 valence electrons. The first-order valence-electron chi connectivity index (χ1n) is 4.63. The average molecular weight is 215 g/mol. The number of aldehydes is 1. The van der Waals surface area contributed by atoms with Crippen LogP contribution in [0.15, 0.2) is 30.5 Å². The van der Waals surface area contributed by atoms with E-state index in [4.69, 9.17) is 4.74 Å². The van der Waals surface area contributed by atoms with Crippen molar-refractivity contribution >= 4 is 6.29 Å². The minimum Gasteiger partial charge on any atom is -0.497 e. The minimum atomic E-state index is 0.0697. The Morgan fingerprint density at radius 1 is 1.38 bits per heavy atom. The molecule has 0 unspecified atom stereocenters. The molecule has 0 fully saturated rings. The molecule has 0 aliphatic carbocycles. The van der Waals surface area contributed by atoms with Crippen LogP contribution in [0.2, 0.25) is 0 Å². The van der Waals surface area contributed by atoms with Gasteiger partial charge in [0.15, 0.2) is 6.29 Å². The summed E-state index contributed by atoms with van der Waals surface area (Å²) < 4.78 is 5.10. The van der Waals surface area contributed by atoms with Gasteiger partial charge < -0.3 is 4.74 Å². The fourth-order valence-corrected chi connectivity index (χ4v) is 1.29. The van der Waals surface area contributed by atoms with Gasteiger partial charge in [-0.1, -0.05) is 12.1 Å². The first-order chi connectivity index (χ1) is 7.83. The normalized spacial score (nSPS) is 9.81. The Morgan fingerprint density at radius 2 is 2.25 bits per heavy atom. The smallest absolute Gasteiger partial charge is 0.215 e. The van der Waals surface area contributed by atoms with Gasteiger partial charge in [-0.25, -0.2) is 4.98 Å². The van der Waals surface area contributed by atoms with E-state index in [2.05, 4.69) is 15.2 Å². The van der Waals surface area contributed by atoms with Crippen molar-refractivity contribution in [1.82, 2.24) is 15.2 Å². The molecule has 1 heterocycles. The quantitative estimate of drug-likeness (QED) is 0.723. The van der Waals surface area contributed by atoms with Crippen molar-refractivity contribution in [2.75, 3.05) is 7.11 Å². The number of methoxy groups -OCH3 is 1. The SMILES string of the molecule is COc1cccc(-c2cnnc(C=O)n2)c1. The van der Waals surface area contributed by atoms with Crippen molar-refractivity contribution in [2.24, 2.45) is 0 Å². The number of hydrogen-bond donors (Lipinski definition) is 0. The van der Waals surface area contributed by atoms with Crippen molar-refractivity contribution in [3.63, 3.8) is 0 Å². The first kappa shape index (κ1) is 10.2. The van der Waals surface area contributed by atoms with Crippen LogP contribution in [-0.2, 0) is 0 Å². The Morgan fingerprint density at radius 3 is 3.00 bits per heavy atom. The zero-order valence-corrected chi connectivity index (χ0v) is 8.62. The highest BCUT2D eigenvalue weighted by molar-refractivity contribution is 5.70. The van der Waals surface area contributed by atoms with Gasteiger partial charge in [-0.15, -0.1) is 5.10 Å². The topological polar surface area (TPSA) is 65.0 Å². The van der Waals surface area contributed by atoms with Crippen molar-refractivity contribution < 1.29 is 9.53 Å². The van der Waals surface area contributed by atoms with E-state index in [9.17, 15) is 4.79 Å². The van der Waals surface area contributed by atoms with Crippen molar-refractivity contribution in [2.45, 2.75) is 0 Å². The molecular weight excluding hydrogens is 206 g/mol. The highest BCUT2D eigenvalue weighted by atomic mass is 16.5. The lowest BCUT2D eigenvalue weighted by molar-refractivity contribution is 0.111. The third-order valence-corrected chi connectivity index (χ3v) is 2.05. The van der Waals surface area contributed by atoms with Gasteiger partial charge in [0.25, 0.3) is 0 Å². The summed E-state index contributed by atoms with van der Waals surface area (Å²) in [5.41, 5.74) is 1.42. The van der Waals surface area contributed by atoms with Crippen LogP contribution in [0.5, 0.6) is 5.75 Å². The Kier molecular flexibility index (Phi) is 2.86. The summed E-state index contributed by atoms with van der Waals surface area (Å²) in [4.78, 5) is 14.6. The zero-order chi connectivity index (χ0) is 11.4. The highest BCUT2D eigenvalue weighted by Gasteiger charge is 2.03. The van der Waals surface area contributed by atoms with E-state index in [1.807, 2.05) is 24.3 Å². The number of nitrogens with zero attached hydrogens (tertiary/aromatic N) is 3. The second kappa shape index (κ2) is 4.48. The Bertz CT molecular complexity index is 514. The van der Waals surface area contributed by atoms with E-state index in [1.165, 1.54) is 6.20 Å². The Balaban J connectivity index is 2.45. The summed E-state index contributed by atoms with van der Waals surface area (Å²) in [7, 11) is 1.59. The zero-order valence-electron chi connectivity index (χ0n) is 8.62. The minimum absolute atomic E-state index is 0.0697. The van der Waals surface area contributed by atoms with Gasteiger partial charge in [0.1, 0.15) is 5.75 Å². The lowest BCUT2D eigenvalue weighted by Crippen LogP contribution is -1.97. The van der Waals surface area contributed by atoms with E-state index in [0.29, 0.717) is 12.0 Å². The van der Waals surface area contributed by atoms with Gasteiger partial charge in [-0.3, -0.25) is 4.79 Å².